The molecule has 0 bridgehead atoms. The zero-order valence-electron chi connectivity index (χ0n) is 9.45. The van der Waals surface area contributed by atoms with Gasteiger partial charge in [0.25, 0.3) is 0 Å². The molecule has 0 radical (unpaired) electrons. The van der Waals surface area contributed by atoms with Crippen LogP contribution < -0.4 is 10.6 Å². The van der Waals surface area contributed by atoms with Crippen LogP contribution in [0.4, 0.5) is 0 Å². The highest BCUT2D eigenvalue weighted by molar-refractivity contribution is 5.87. The van der Waals surface area contributed by atoms with Gasteiger partial charge in [0.2, 0.25) is 5.91 Å². The van der Waals surface area contributed by atoms with Crippen molar-refractivity contribution in [1.82, 2.24) is 10.6 Å². The molecule has 0 aromatic rings. The zero-order chi connectivity index (χ0) is 11.3. The third kappa shape index (κ3) is 3.64. The minimum Gasteiger partial charge on any atom is -0.378 e. The van der Waals surface area contributed by atoms with E-state index in [9.17, 15) is 4.79 Å². The molecule has 1 aliphatic heterocycles. The molecule has 0 spiro atoms. The summed E-state index contributed by atoms with van der Waals surface area (Å²) in [5, 5.41) is 6.30. The van der Waals surface area contributed by atoms with Crippen LogP contribution in [0.15, 0.2) is 12.7 Å². The molecule has 1 fully saturated rings. The predicted octanol–water partition coefficient (Wildman–Crippen LogP) is 0.444. The van der Waals surface area contributed by atoms with Crippen molar-refractivity contribution in [2.45, 2.75) is 38.4 Å². The number of carbonyl (C=O) groups is 1. The van der Waals surface area contributed by atoms with E-state index in [-0.39, 0.29) is 18.0 Å². The molecule has 4 nitrogen and oxygen atoms in total. The van der Waals surface area contributed by atoms with Crippen LogP contribution in [0.2, 0.25) is 0 Å². The first-order valence-corrected chi connectivity index (χ1v) is 5.44. The molecule has 1 heterocycles. The number of amides is 1. The lowest BCUT2D eigenvalue weighted by atomic mass is 10.1. The molecule has 1 amide bonds. The van der Waals surface area contributed by atoms with Crippen LogP contribution in [0.3, 0.4) is 0 Å². The molecule has 15 heavy (non-hydrogen) atoms. The molecular weight excluding hydrogens is 192 g/mol. The first-order chi connectivity index (χ1) is 7.17. The van der Waals surface area contributed by atoms with Crippen molar-refractivity contribution in [1.29, 1.82) is 0 Å². The van der Waals surface area contributed by atoms with Gasteiger partial charge in [0.05, 0.1) is 25.3 Å². The van der Waals surface area contributed by atoms with Crippen LogP contribution in [0.5, 0.6) is 0 Å². The van der Waals surface area contributed by atoms with Crippen molar-refractivity contribution in [3.8, 4) is 0 Å². The maximum absolute atomic E-state index is 11.2. The third-order valence-electron chi connectivity index (χ3n) is 2.70. The van der Waals surface area contributed by atoms with Crippen molar-refractivity contribution in [2.24, 2.45) is 0 Å². The zero-order valence-corrected chi connectivity index (χ0v) is 9.45. The van der Waals surface area contributed by atoms with Crippen LogP contribution >= 0.6 is 0 Å². The smallest absolute Gasteiger partial charge is 0.243 e. The van der Waals surface area contributed by atoms with Crippen LogP contribution in [0.25, 0.3) is 0 Å². The molecular formula is C11H20N2O2. The van der Waals surface area contributed by atoms with Crippen LogP contribution in [-0.4, -0.2) is 37.2 Å². The molecule has 1 aliphatic rings. The summed E-state index contributed by atoms with van der Waals surface area (Å²) in [6.45, 7) is 8.93. The average Bonchev–Trinajstić information content (AvgIpc) is 2.65. The normalized spacial score (nSPS) is 27.3. The number of hydrogen-bond acceptors (Lipinski definition) is 3. The quantitative estimate of drug-likeness (QED) is 0.650. The highest BCUT2D eigenvalue weighted by Gasteiger charge is 2.29. The number of nitrogens with one attached hydrogen (secondary N) is 2. The lowest BCUT2D eigenvalue weighted by Gasteiger charge is -2.23. The summed E-state index contributed by atoms with van der Waals surface area (Å²) in [6, 6.07) is 0.716. The van der Waals surface area contributed by atoms with E-state index in [1.807, 2.05) is 0 Å². The molecule has 1 saturated heterocycles. The molecule has 2 N–H and O–H groups in total. The molecule has 1 unspecified atom stereocenters. The van der Waals surface area contributed by atoms with Gasteiger partial charge < -0.3 is 15.4 Å². The molecule has 0 aromatic carbocycles. The Bertz CT molecular complexity index is 231. The van der Waals surface area contributed by atoms with Crippen LogP contribution in [-0.2, 0) is 9.53 Å². The minimum atomic E-state index is -0.138. The Morgan fingerprint density at radius 3 is 2.87 bits per heavy atom. The molecule has 0 aromatic heterocycles. The van der Waals surface area contributed by atoms with Gasteiger partial charge in [-0.2, -0.15) is 0 Å². The van der Waals surface area contributed by atoms with E-state index in [1.54, 1.807) is 0 Å². The lowest BCUT2D eigenvalue weighted by Crippen LogP contribution is -2.51. The predicted molar refractivity (Wildman–Crippen MR) is 59.6 cm³/mol. The van der Waals surface area contributed by atoms with E-state index < -0.39 is 0 Å². The Balaban J connectivity index is 2.42. The molecule has 0 aliphatic carbocycles. The van der Waals surface area contributed by atoms with Crippen LogP contribution in [0, 0.1) is 0 Å². The van der Waals surface area contributed by atoms with Gasteiger partial charge in [-0.15, -0.1) is 0 Å². The molecule has 0 saturated carbocycles. The summed E-state index contributed by atoms with van der Waals surface area (Å²) in [7, 11) is 0. The summed E-state index contributed by atoms with van der Waals surface area (Å²) in [6.07, 6.45) is 2.36. The fourth-order valence-electron chi connectivity index (χ4n) is 1.59. The largest absolute Gasteiger partial charge is 0.378 e. The summed E-state index contributed by atoms with van der Waals surface area (Å²) in [4.78, 5) is 11.2. The summed E-state index contributed by atoms with van der Waals surface area (Å²) in [5.74, 6) is -0.138. The Kier molecular flexibility index (Phi) is 4.78. The van der Waals surface area contributed by atoms with Gasteiger partial charge in [0, 0.05) is 6.04 Å². The van der Waals surface area contributed by atoms with Gasteiger partial charge >= 0.3 is 0 Å². The second-order valence-electron chi connectivity index (χ2n) is 3.94. The minimum absolute atomic E-state index is 0.0597. The monoisotopic (exact) mass is 212 g/mol. The first kappa shape index (κ1) is 12.2. The number of hydrogen-bond donors (Lipinski definition) is 2. The summed E-state index contributed by atoms with van der Waals surface area (Å²) < 4.78 is 5.35. The number of rotatable bonds is 5. The maximum atomic E-state index is 11.2. The van der Waals surface area contributed by atoms with Gasteiger partial charge in [-0.25, -0.2) is 0 Å². The summed E-state index contributed by atoms with van der Waals surface area (Å²) >= 11 is 0. The van der Waals surface area contributed by atoms with Crippen molar-refractivity contribution >= 4 is 5.91 Å². The summed E-state index contributed by atoms with van der Waals surface area (Å²) in [5.41, 5.74) is 0. The molecule has 3 atom stereocenters. The van der Waals surface area contributed by atoms with Gasteiger partial charge in [-0.3, -0.25) is 4.79 Å². The van der Waals surface area contributed by atoms with Crippen LogP contribution in [0.1, 0.15) is 20.3 Å². The second-order valence-corrected chi connectivity index (χ2v) is 3.94. The van der Waals surface area contributed by atoms with Crippen molar-refractivity contribution < 1.29 is 9.53 Å². The topological polar surface area (TPSA) is 50.4 Å². The Morgan fingerprint density at radius 2 is 2.27 bits per heavy atom. The second kappa shape index (κ2) is 5.88. The van der Waals surface area contributed by atoms with Gasteiger partial charge in [-0.05, 0) is 19.4 Å². The average molecular weight is 212 g/mol. The SMILES string of the molecule is C=CC(=O)N[C@H]1COC[C@H]1NC(C)CC. The Hall–Kier alpha value is -0.870. The van der Waals surface area contributed by atoms with Gasteiger partial charge in [0.1, 0.15) is 0 Å². The van der Waals surface area contributed by atoms with Gasteiger partial charge in [-0.1, -0.05) is 13.5 Å². The van der Waals surface area contributed by atoms with Crippen molar-refractivity contribution in [3.63, 3.8) is 0 Å². The highest BCUT2D eigenvalue weighted by Crippen LogP contribution is 2.07. The van der Waals surface area contributed by atoms with Crippen molar-refractivity contribution in [3.05, 3.63) is 12.7 Å². The van der Waals surface area contributed by atoms with E-state index in [1.165, 1.54) is 6.08 Å². The fourth-order valence-corrected chi connectivity index (χ4v) is 1.59. The first-order valence-electron chi connectivity index (χ1n) is 5.44. The molecule has 4 heteroatoms. The van der Waals surface area contributed by atoms with E-state index in [2.05, 4.69) is 31.1 Å². The van der Waals surface area contributed by atoms with Crippen molar-refractivity contribution in [2.75, 3.05) is 13.2 Å². The fraction of sp³-hybridized carbons (Fsp3) is 0.727. The lowest BCUT2D eigenvalue weighted by molar-refractivity contribution is -0.117. The van der Waals surface area contributed by atoms with E-state index in [0.29, 0.717) is 19.3 Å². The maximum Gasteiger partial charge on any atom is 0.243 e. The molecule has 1 rings (SSSR count). The third-order valence-corrected chi connectivity index (χ3v) is 2.70. The Morgan fingerprint density at radius 1 is 1.60 bits per heavy atom. The molecule has 86 valence electrons. The standard InChI is InChI=1S/C11H20N2O2/c1-4-8(3)12-9-6-15-7-10(9)13-11(14)5-2/h5,8-10,12H,2,4,6-7H2,1,3H3,(H,13,14)/t8?,9-,10+/m1/s1. The van der Waals surface area contributed by atoms with E-state index in [4.69, 9.17) is 4.74 Å². The van der Waals surface area contributed by atoms with E-state index >= 15 is 0 Å². The number of carbonyl (C=O) groups excluding carboxylic acids is 1. The van der Waals surface area contributed by atoms with Gasteiger partial charge in [0.15, 0.2) is 0 Å². The highest BCUT2D eigenvalue weighted by atomic mass is 16.5. The Labute approximate surface area is 91.1 Å². The number of ether oxygens (including phenoxy) is 1. The van der Waals surface area contributed by atoms with E-state index in [0.717, 1.165) is 6.42 Å².